The molecule has 6 rings (SSSR count). The summed E-state index contributed by atoms with van der Waals surface area (Å²) >= 11 is 0. The monoisotopic (exact) mass is 446 g/mol. The highest BCUT2D eigenvalue weighted by Gasteiger charge is 2.32. The van der Waals surface area contributed by atoms with Gasteiger partial charge in [0.25, 0.3) is 5.91 Å². The van der Waals surface area contributed by atoms with E-state index >= 15 is 0 Å². The highest BCUT2D eigenvalue weighted by atomic mass is 16.2. The third kappa shape index (κ3) is 3.42. The molecule has 166 valence electrons. The lowest BCUT2D eigenvalue weighted by Gasteiger charge is -2.23. The smallest absolute Gasteiger partial charge is 0.259 e. The van der Waals surface area contributed by atoms with E-state index < -0.39 is 0 Å². The molecule has 7 heteroatoms. The summed E-state index contributed by atoms with van der Waals surface area (Å²) in [5.74, 6) is -0.0454. The molecule has 0 radical (unpaired) electrons. The summed E-state index contributed by atoms with van der Waals surface area (Å²) in [5, 5.41) is 5.33. The Balaban J connectivity index is 1.51. The van der Waals surface area contributed by atoms with Gasteiger partial charge in [-0.25, -0.2) is 9.67 Å². The molecule has 0 fully saturated rings. The largest absolute Gasteiger partial charge is 0.305 e. The highest BCUT2D eigenvalue weighted by Crippen LogP contribution is 2.35. The Kier molecular flexibility index (Phi) is 4.87. The zero-order chi connectivity index (χ0) is 23.1. The molecule has 5 aromatic rings. The predicted molar refractivity (Wildman–Crippen MR) is 131 cm³/mol. The van der Waals surface area contributed by atoms with E-state index in [2.05, 4.69) is 28.1 Å². The van der Waals surface area contributed by atoms with Crippen LogP contribution in [0.2, 0.25) is 0 Å². The number of benzene rings is 1. The van der Waals surface area contributed by atoms with Crippen molar-refractivity contribution in [3.63, 3.8) is 0 Å². The maximum absolute atomic E-state index is 14.0. The summed E-state index contributed by atoms with van der Waals surface area (Å²) < 4.78 is 1.82. The van der Waals surface area contributed by atoms with Crippen LogP contribution in [0.5, 0.6) is 0 Å². The second kappa shape index (κ2) is 8.19. The van der Waals surface area contributed by atoms with Gasteiger partial charge < -0.3 is 4.90 Å². The van der Waals surface area contributed by atoms with Gasteiger partial charge in [0.05, 0.1) is 29.4 Å². The Morgan fingerprint density at radius 2 is 1.82 bits per heavy atom. The Bertz CT molecular complexity index is 1500. The summed E-state index contributed by atoms with van der Waals surface area (Å²) in [6.07, 6.45) is 9.63. The Morgan fingerprint density at radius 3 is 2.62 bits per heavy atom. The lowest BCUT2D eigenvalue weighted by atomic mass is 10.1. The van der Waals surface area contributed by atoms with Crippen molar-refractivity contribution in [1.82, 2.24) is 24.7 Å². The molecule has 4 aromatic heterocycles. The first kappa shape index (κ1) is 20.2. The first-order valence-corrected chi connectivity index (χ1v) is 11.3. The normalized spacial score (nSPS) is 15.0. The molecule has 1 unspecified atom stereocenters. The SMILES string of the molecule is CC1Cc2ccccc2N1C(=O)c1cc(-c2cccnc2)nc2c1cnn2Cc1cccnc1. The fourth-order valence-electron chi connectivity index (χ4n) is 4.67. The van der Waals surface area contributed by atoms with Crippen LogP contribution in [0.15, 0.2) is 85.6 Å². The molecule has 0 saturated carbocycles. The molecule has 34 heavy (non-hydrogen) atoms. The van der Waals surface area contributed by atoms with Crippen LogP contribution in [0.4, 0.5) is 5.69 Å². The van der Waals surface area contributed by atoms with Crippen LogP contribution in [0.1, 0.15) is 28.4 Å². The summed E-state index contributed by atoms with van der Waals surface area (Å²) in [7, 11) is 0. The number of aromatic nitrogens is 5. The molecule has 1 atom stereocenters. The second-order valence-electron chi connectivity index (χ2n) is 8.55. The van der Waals surface area contributed by atoms with Gasteiger partial charge >= 0.3 is 0 Å². The Morgan fingerprint density at radius 1 is 1.00 bits per heavy atom. The summed E-state index contributed by atoms with van der Waals surface area (Å²) in [6.45, 7) is 2.60. The molecule has 1 aliphatic heterocycles. The van der Waals surface area contributed by atoms with Crippen molar-refractivity contribution < 1.29 is 4.79 Å². The topological polar surface area (TPSA) is 76.8 Å². The fraction of sp³-hybridized carbons (Fsp3) is 0.148. The Labute approximate surface area is 196 Å². The zero-order valence-corrected chi connectivity index (χ0v) is 18.7. The minimum absolute atomic E-state index is 0.0454. The molecule has 0 N–H and O–H groups in total. The maximum atomic E-state index is 14.0. The van der Waals surface area contributed by atoms with Crippen molar-refractivity contribution >= 4 is 22.6 Å². The summed E-state index contributed by atoms with van der Waals surface area (Å²) in [4.78, 5) is 29.3. The quantitative estimate of drug-likeness (QED) is 0.405. The van der Waals surface area contributed by atoms with E-state index in [1.807, 2.05) is 64.3 Å². The lowest BCUT2D eigenvalue weighted by molar-refractivity contribution is 0.0983. The van der Waals surface area contributed by atoms with E-state index in [1.165, 1.54) is 5.56 Å². The van der Waals surface area contributed by atoms with Crippen molar-refractivity contribution in [3.8, 4) is 11.3 Å². The number of para-hydroxylation sites is 1. The van der Waals surface area contributed by atoms with Crippen LogP contribution in [0.25, 0.3) is 22.3 Å². The van der Waals surface area contributed by atoms with E-state index in [-0.39, 0.29) is 11.9 Å². The molecule has 0 bridgehead atoms. The van der Waals surface area contributed by atoms with Gasteiger partial charge in [-0.2, -0.15) is 5.10 Å². The fourth-order valence-corrected chi connectivity index (χ4v) is 4.67. The van der Waals surface area contributed by atoms with Crippen molar-refractivity contribution in [1.29, 1.82) is 0 Å². The molecule has 1 amide bonds. The van der Waals surface area contributed by atoms with Crippen molar-refractivity contribution in [2.45, 2.75) is 25.9 Å². The maximum Gasteiger partial charge on any atom is 0.259 e. The molecule has 0 spiro atoms. The third-order valence-electron chi connectivity index (χ3n) is 6.28. The number of rotatable bonds is 4. The summed E-state index contributed by atoms with van der Waals surface area (Å²) in [5.41, 5.74) is 5.96. The minimum Gasteiger partial charge on any atom is -0.305 e. The second-order valence-corrected chi connectivity index (χ2v) is 8.55. The van der Waals surface area contributed by atoms with Crippen molar-refractivity contribution in [2.24, 2.45) is 0 Å². The number of pyridine rings is 3. The number of anilines is 1. The van der Waals surface area contributed by atoms with Crippen LogP contribution >= 0.6 is 0 Å². The number of carbonyl (C=O) groups excluding carboxylic acids is 1. The number of fused-ring (bicyclic) bond motifs is 2. The van der Waals surface area contributed by atoms with E-state index in [0.29, 0.717) is 23.4 Å². The Hall–Kier alpha value is -4.39. The van der Waals surface area contributed by atoms with Crippen LogP contribution < -0.4 is 4.90 Å². The average Bonchev–Trinajstić information content (AvgIpc) is 3.44. The third-order valence-corrected chi connectivity index (χ3v) is 6.28. The van der Waals surface area contributed by atoms with E-state index in [4.69, 9.17) is 4.98 Å². The number of carbonyl (C=O) groups is 1. The van der Waals surface area contributed by atoms with Gasteiger partial charge in [-0.05, 0) is 54.8 Å². The van der Waals surface area contributed by atoms with Gasteiger partial charge in [0, 0.05) is 42.1 Å². The molecular formula is C27H22N6O. The van der Waals surface area contributed by atoms with E-state index in [9.17, 15) is 4.79 Å². The molecular weight excluding hydrogens is 424 g/mol. The molecule has 1 aliphatic rings. The van der Waals surface area contributed by atoms with Crippen LogP contribution in [0, 0.1) is 0 Å². The van der Waals surface area contributed by atoms with Crippen LogP contribution in [-0.4, -0.2) is 36.7 Å². The lowest BCUT2D eigenvalue weighted by Crippen LogP contribution is -2.35. The van der Waals surface area contributed by atoms with Crippen LogP contribution in [0.3, 0.4) is 0 Å². The average molecular weight is 447 g/mol. The van der Waals surface area contributed by atoms with Gasteiger partial charge in [0.1, 0.15) is 0 Å². The molecule has 0 saturated heterocycles. The molecule has 1 aromatic carbocycles. The number of amides is 1. The highest BCUT2D eigenvalue weighted by molar-refractivity contribution is 6.14. The van der Waals surface area contributed by atoms with Gasteiger partial charge in [-0.15, -0.1) is 0 Å². The predicted octanol–water partition coefficient (Wildman–Crippen LogP) is 4.53. The van der Waals surface area contributed by atoms with Crippen LogP contribution in [-0.2, 0) is 13.0 Å². The standard InChI is InChI=1S/C27H22N6O/c1-18-12-20-7-2-3-9-25(20)33(18)27(34)22-13-24(21-8-5-11-29-15-21)31-26-23(22)16-30-32(26)17-19-6-4-10-28-14-19/h2-11,13-16,18H,12,17H2,1H3. The van der Waals surface area contributed by atoms with Crippen molar-refractivity contribution in [2.75, 3.05) is 4.90 Å². The summed E-state index contributed by atoms with van der Waals surface area (Å²) in [6, 6.07) is 17.8. The first-order chi connectivity index (χ1) is 16.7. The number of hydrogen-bond donors (Lipinski definition) is 0. The van der Waals surface area contributed by atoms with Gasteiger partial charge in [-0.1, -0.05) is 24.3 Å². The minimum atomic E-state index is -0.0454. The van der Waals surface area contributed by atoms with E-state index in [0.717, 1.165) is 28.6 Å². The molecule has 7 nitrogen and oxygen atoms in total. The number of hydrogen-bond acceptors (Lipinski definition) is 5. The molecule has 5 heterocycles. The molecule has 0 aliphatic carbocycles. The van der Waals surface area contributed by atoms with Gasteiger partial charge in [-0.3, -0.25) is 14.8 Å². The zero-order valence-electron chi connectivity index (χ0n) is 18.7. The van der Waals surface area contributed by atoms with Gasteiger partial charge in [0.15, 0.2) is 5.65 Å². The first-order valence-electron chi connectivity index (χ1n) is 11.3. The van der Waals surface area contributed by atoms with E-state index in [1.54, 1.807) is 24.8 Å². The number of nitrogens with zero attached hydrogens (tertiary/aromatic N) is 6. The van der Waals surface area contributed by atoms with Gasteiger partial charge in [0.2, 0.25) is 0 Å². The van der Waals surface area contributed by atoms with Crippen molar-refractivity contribution in [3.05, 3.63) is 102 Å².